The zero-order valence-corrected chi connectivity index (χ0v) is 10.3. The first-order valence-corrected chi connectivity index (χ1v) is 6.10. The Morgan fingerprint density at radius 1 is 1.42 bits per heavy atom. The van der Waals surface area contributed by atoms with Crippen LogP contribution in [0.1, 0.15) is 16.3 Å². The normalized spacial score (nSPS) is 10.3. The van der Waals surface area contributed by atoms with Crippen molar-refractivity contribution in [2.24, 2.45) is 0 Å². The number of carboxylic acids is 1. The Morgan fingerprint density at radius 2 is 2.21 bits per heavy atom. The van der Waals surface area contributed by atoms with Crippen molar-refractivity contribution < 1.29 is 19.2 Å². The van der Waals surface area contributed by atoms with Crippen LogP contribution in [-0.4, -0.2) is 21.0 Å². The van der Waals surface area contributed by atoms with Crippen LogP contribution in [0, 0.1) is 10.1 Å². The number of furan rings is 1. The van der Waals surface area contributed by atoms with E-state index in [1.807, 2.05) is 0 Å². The lowest BCUT2D eigenvalue weighted by molar-refractivity contribution is -0.385. The first-order valence-electron chi connectivity index (χ1n) is 5.11. The predicted molar refractivity (Wildman–Crippen MR) is 66.1 cm³/mol. The van der Waals surface area contributed by atoms with Crippen molar-refractivity contribution in [2.75, 3.05) is 0 Å². The number of thioether (sulfide) groups is 1. The molecule has 0 saturated heterocycles. The van der Waals surface area contributed by atoms with E-state index in [0.29, 0.717) is 16.5 Å². The Morgan fingerprint density at radius 3 is 2.74 bits per heavy atom. The molecule has 19 heavy (non-hydrogen) atoms. The zero-order valence-electron chi connectivity index (χ0n) is 9.48. The van der Waals surface area contributed by atoms with E-state index in [1.54, 1.807) is 6.07 Å². The van der Waals surface area contributed by atoms with Gasteiger partial charge in [0.25, 0.3) is 5.69 Å². The van der Waals surface area contributed by atoms with Gasteiger partial charge < -0.3 is 9.52 Å². The third-order valence-corrected chi connectivity index (χ3v) is 3.13. The number of carbonyl (C=O) groups is 1. The molecular formula is C11H8N2O5S. The Kier molecular flexibility index (Phi) is 3.81. The van der Waals surface area contributed by atoms with Crippen molar-refractivity contribution in [3.63, 3.8) is 0 Å². The van der Waals surface area contributed by atoms with E-state index < -0.39 is 10.9 Å². The number of nitrogens with zero attached hydrogens (tertiary/aromatic N) is 2. The second-order valence-electron chi connectivity index (χ2n) is 3.47. The second kappa shape index (κ2) is 5.53. The van der Waals surface area contributed by atoms with Gasteiger partial charge in [0.1, 0.15) is 12.0 Å². The molecule has 2 rings (SSSR count). The lowest BCUT2D eigenvalue weighted by atomic mass is 10.4. The minimum Gasteiger partial charge on any atom is -0.475 e. The molecule has 0 atom stereocenters. The van der Waals surface area contributed by atoms with Gasteiger partial charge in [0, 0.05) is 6.07 Å². The topological polar surface area (TPSA) is 106 Å². The average Bonchev–Trinajstić information content (AvgIpc) is 2.86. The second-order valence-corrected chi connectivity index (χ2v) is 4.47. The number of nitro groups is 1. The highest BCUT2D eigenvalue weighted by Crippen LogP contribution is 2.23. The van der Waals surface area contributed by atoms with Crippen molar-refractivity contribution in [3.8, 4) is 0 Å². The molecule has 7 nitrogen and oxygen atoms in total. The molecule has 0 aliphatic heterocycles. The van der Waals surface area contributed by atoms with Gasteiger partial charge in [-0.15, -0.1) is 0 Å². The van der Waals surface area contributed by atoms with E-state index in [2.05, 4.69) is 4.98 Å². The maximum absolute atomic E-state index is 10.6. The molecule has 0 amide bonds. The lowest BCUT2D eigenvalue weighted by Crippen LogP contribution is -1.92. The summed E-state index contributed by atoms with van der Waals surface area (Å²) in [4.78, 5) is 24.5. The van der Waals surface area contributed by atoms with Gasteiger partial charge in [0.15, 0.2) is 0 Å². The Bertz CT molecular complexity index is 608. The molecule has 1 N–H and O–H groups in total. The molecule has 0 radical (unpaired) electrons. The van der Waals surface area contributed by atoms with Gasteiger partial charge in [0.2, 0.25) is 5.76 Å². The van der Waals surface area contributed by atoms with Crippen molar-refractivity contribution in [3.05, 3.63) is 52.1 Å². The van der Waals surface area contributed by atoms with Gasteiger partial charge in [-0.05, 0) is 18.2 Å². The first kappa shape index (κ1) is 13.1. The number of rotatable bonds is 5. The minimum absolute atomic E-state index is 0.0736. The average molecular weight is 280 g/mol. The lowest BCUT2D eigenvalue weighted by Gasteiger charge is -1.98. The molecule has 2 aromatic heterocycles. The van der Waals surface area contributed by atoms with E-state index in [9.17, 15) is 14.9 Å². The van der Waals surface area contributed by atoms with Crippen LogP contribution in [0.5, 0.6) is 0 Å². The molecule has 0 spiro atoms. The monoisotopic (exact) mass is 280 g/mol. The van der Waals surface area contributed by atoms with Gasteiger partial charge in [0.05, 0.1) is 15.7 Å². The molecule has 0 aromatic carbocycles. The van der Waals surface area contributed by atoms with Gasteiger partial charge >= 0.3 is 5.97 Å². The number of pyridine rings is 1. The van der Waals surface area contributed by atoms with Gasteiger partial charge in [-0.3, -0.25) is 10.1 Å². The fourth-order valence-corrected chi connectivity index (χ4v) is 2.02. The summed E-state index contributed by atoms with van der Waals surface area (Å²) in [5.74, 6) is -0.336. The number of hydrogen-bond donors (Lipinski definition) is 1. The van der Waals surface area contributed by atoms with Gasteiger partial charge in [-0.1, -0.05) is 11.8 Å². The van der Waals surface area contributed by atoms with Gasteiger partial charge in [-0.2, -0.15) is 0 Å². The third-order valence-electron chi connectivity index (χ3n) is 2.17. The van der Waals surface area contributed by atoms with Crippen molar-refractivity contribution in [1.29, 1.82) is 0 Å². The smallest absolute Gasteiger partial charge is 0.371 e. The van der Waals surface area contributed by atoms with Crippen LogP contribution >= 0.6 is 11.8 Å². The van der Waals surface area contributed by atoms with Crippen LogP contribution < -0.4 is 0 Å². The molecule has 0 bridgehead atoms. The maximum Gasteiger partial charge on any atom is 0.371 e. The van der Waals surface area contributed by atoms with E-state index in [4.69, 9.17) is 9.52 Å². The van der Waals surface area contributed by atoms with Gasteiger partial charge in [-0.25, -0.2) is 9.78 Å². The summed E-state index contributed by atoms with van der Waals surface area (Å²) in [7, 11) is 0. The largest absolute Gasteiger partial charge is 0.475 e. The fraction of sp³-hybridized carbons (Fsp3) is 0.0909. The fourth-order valence-electron chi connectivity index (χ4n) is 1.28. The highest BCUT2D eigenvalue weighted by atomic mass is 32.2. The first-order chi connectivity index (χ1) is 9.06. The van der Waals surface area contributed by atoms with E-state index in [-0.39, 0.29) is 11.4 Å². The van der Waals surface area contributed by atoms with Crippen molar-refractivity contribution >= 4 is 23.4 Å². The maximum atomic E-state index is 10.6. The highest BCUT2D eigenvalue weighted by Gasteiger charge is 2.10. The third kappa shape index (κ3) is 3.32. The van der Waals surface area contributed by atoms with Crippen molar-refractivity contribution in [1.82, 2.24) is 4.98 Å². The summed E-state index contributed by atoms with van der Waals surface area (Å²) in [6, 6.07) is 5.84. The molecule has 0 unspecified atom stereocenters. The predicted octanol–water partition coefficient (Wildman–Crippen LogP) is 2.57. The summed E-state index contributed by atoms with van der Waals surface area (Å²) in [6.07, 6.45) is 1.17. The molecule has 2 heterocycles. The van der Waals surface area contributed by atoms with Crippen LogP contribution in [0.25, 0.3) is 0 Å². The minimum atomic E-state index is -1.12. The molecule has 2 aromatic rings. The van der Waals surface area contributed by atoms with E-state index in [0.717, 1.165) is 0 Å². The standard InChI is InChI=1S/C11H8N2O5S/c14-11(15)9-3-2-8(18-9)6-19-10-4-1-7(5-12-10)13(16)17/h1-5H,6H2,(H,14,15). The zero-order chi connectivity index (χ0) is 13.8. The van der Waals surface area contributed by atoms with Crippen molar-refractivity contribution in [2.45, 2.75) is 10.8 Å². The van der Waals surface area contributed by atoms with Crippen LogP contribution in [0.4, 0.5) is 5.69 Å². The summed E-state index contributed by atoms with van der Waals surface area (Å²) < 4.78 is 5.07. The molecule has 0 aliphatic carbocycles. The number of aromatic carboxylic acids is 1. The van der Waals surface area contributed by atoms with E-state index in [1.165, 1.54) is 36.2 Å². The molecule has 0 fully saturated rings. The Labute approximate surface area is 111 Å². The van der Waals surface area contributed by atoms with Crippen LogP contribution in [0.15, 0.2) is 39.9 Å². The number of carboxylic acid groups (broad SMARTS) is 1. The quantitative estimate of drug-likeness (QED) is 0.509. The summed E-state index contributed by atoms with van der Waals surface area (Å²) in [5, 5.41) is 19.7. The van der Waals surface area contributed by atoms with Crippen LogP contribution in [0.2, 0.25) is 0 Å². The molecule has 0 aliphatic rings. The van der Waals surface area contributed by atoms with Crippen LogP contribution in [-0.2, 0) is 5.75 Å². The Balaban J connectivity index is 1.97. The Hall–Kier alpha value is -2.35. The number of hydrogen-bond acceptors (Lipinski definition) is 6. The molecule has 98 valence electrons. The highest BCUT2D eigenvalue weighted by molar-refractivity contribution is 7.98. The molecule has 8 heteroatoms. The summed E-state index contributed by atoms with van der Waals surface area (Å²) in [5.41, 5.74) is -0.0736. The molecule has 0 saturated carbocycles. The molecular weight excluding hydrogens is 272 g/mol. The van der Waals surface area contributed by atoms with Crippen LogP contribution in [0.3, 0.4) is 0 Å². The van der Waals surface area contributed by atoms with E-state index >= 15 is 0 Å². The SMILES string of the molecule is O=C(O)c1ccc(CSc2ccc([N+](=O)[O-])cn2)o1. The number of aromatic nitrogens is 1. The summed E-state index contributed by atoms with van der Waals surface area (Å²) >= 11 is 1.30. The summed E-state index contributed by atoms with van der Waals surface area (Å²) in [6.45, 7) is 0.